The number of nitrogens with one attached hydrogen (secondary N) is 1. The Morgan fingerprint density at radius 2 is 2.16 bits per heavy atom. The first-order valence-corrected chi connectivity index (χ1v) is 6.60. The Kier molecular flexibility index (Phi) is 4.70. The van der Waals surface area contributed by atoms with Crippen LogP contribution in [0.3, 0.4) is 0 Å². The average molecular weight is 323 g/mol. The molecule has 2 rings (SSSR count). The Morgan fingerprint density at radius 3 is 2.89 bits per heavy atom. The van der Waals surface area contributed by atoms with E-state index in [1.165, 1.54) is 0 Å². The van der Waals surface area contributed by atoms with Crippen molar-refractivity contribution in [3.63, 3.8) is 0 Å². The largest absolute Gasteiger partial charge is 0.480 e. The summed E-state index contributed by atoms with van der Waals surface area (Å²) in [7, 11) is 1.57. The van der Waals surface area contributed by atoms with Crippen molar-refractivity contribution in [2.45, 2.75) is 13.1 Å². The van der Waals surface area contributed by atoms with Gasteiger partial charge in [-0.2, -0.15) is 4.98 Å². The lowest BCUT2D eigenvalue weighted by molar-refractivity contribution is 0.394. The fourth-order valence-electron chi connectivity index (χ4n) is 1.63. The van der Waals surface area contributed by atoms with E-state index < -0.39 is 0 Å². The molecule has 0 aliphatic rings. The lowest BCUT2D eigenvalue weighted by Crippen LogP contribution is -2.05. The van der Waals surface area contributed by atoms with Gasteiger partial charge in [0, 0.05) is 13.1 Å². The molecular weight excluding hydrogens is 308 g/mol. The second-order valence-electron chi connectivity index (χ2n) is 3.93. The summed E-state index contributed by atoms with van der Waals surface area (Å²) in [6.07, 6.45) is 1.66. The molecule has 0 unspecified atom stereocenters. The molecule has 19 heavy (non-hydrogen) atoms. The highest BCUT2D eigenvalue weighted by molar-refractivity contribution is 9.10. The van der Waals surface area contributed by atoms with Gasteiger partial charge >= 0.3 is 0 Å². The number of rotatable bonds is 5. The Balaban J connectivity index is 2.05. The molecule has 2 aromatic rings. The van der Waals surface area contributed by atoms with Crippen molar-refractivity contribution >= 4 is 21.9 Å². The van der Waals surface area contributed by atoms with Crippen LogP contribution in [0.25, 0.3) is 0 Å². The summed E-state index contributed by atoms with van der Waals surface area (Å²) in [5, 5.41) is 3.15. The highest BCUT2D eigenvalue weighted by Crippen LogP contribution is 2.21. The Bertz CT molecular complexity index is 562. The van der Waals surface area contributed by atoms with Crippen LogP contribution in [0.4, 0.5) is 5.95 Å². The summed E-state index contributed by atoms with van der Waals surface area (Å²) < 4.78 is 5.85. The van der Waals surface area contributed by atoms with Gasteiger partial charge in [0.2, 0.25) is 11.8 Å². The molecule has 1 heterocycles. The number of hydrogen-bond donors (Lipinski definition) is 2. The molecule has 0 spiro atoms. The predicted molar refractivity (Wildman–Crippen MR) is 77.9 cm³/mol. The minimum absolute atomic E-state index is 0.508. The van der Waals surface area contributed by atoms with Crippen LogP contribution in [0.15, 0.2) is 34.9 Å². The molecule has 6 heteroatoms. The maximum atomic E-state index is 5.61. The van der Waals surface area contributed by atoms with E-state index in [1.54, 1.807) is 13.3 Å². The van der Waals surface area contributed by atoms with Crippen LogP contribution in [-0.4, -0.2) is 17.1 Å². The highest BCUT2D eigenvalue weighted by atomic mass is 79.9. The van der Waals surface area contributed by atoms with Crippen molar-refractivity contribution in [3.8, 4) is 5.88 Å². The molecule has 1 aromatic heterocycles. The van der Waals surface area contributed by atoms with Crippen molar-refractivity contribution < 1.29 is 4.74 Å². The Hall–Kier alpha value is -1.66. The number of anilines is 1. The topological polar surface area (TPSA) is 73.1 Å². The minimum atomic E-state index is 0.508. The van der Waals surface area contributed by atoms with Gasteiger partial charge in [-0.05, 0) is 27.1 Å². The molecule has 0 fully saturated rings. The number of benzene rings is 1. The normalized spacial score (nSPS) is 10.3. The number of ether oxygens (including phenoxy) is 1. The zero-order valence-corrected chi connectivity index (χ0v) is 12.1. The van der Waals surface area contributed by atoms with Crippen LogP contribution in [0, 0.1) is 0 Å². The van der Waals surface area contributed by atoms with E-state index >= 15 is 0 Å². The van der Waals surface area contributed by atoms with Gasteiger partial charge < -0.3 is 15.8 Å². The van der Waals surface area contributed by atoms with Crippen LogP contribution in [0.2, 0.25) is 0 Å². The smallest absolute Gasteiger partial charge is 0.232 e. The molecule has 0 aliphatic heterocycles. The molecule has 0 atom stereocenters. The van der Waals surface area contributed by atoms with Crippen molar-refractivity contribution in [1.82, 2.24) is 9.97 Å². The second kappa shape index (κ2) is 6.49. The zero-order valence-electron chi connectivity index (χ0n) is 10.6. The molecule has 100 valence electrons. The summed E-state index contributed by atoms with van der Waals surface area (Å²) in [6.45, 7) is 1.18. The third-order valence-corrected chi connectivity index (χ3v) is 3.13. The van der Waals surface area contributed by atoms with Gasteiger partial charge in [0.25, 0.3) is 0 Å². The number of halogens is 1. The predicted octanol–water partition coefficient (Wildman–Crippen LogP) is 2.32. The van der Waals surface area contributed by atoms with Crippen LogP contribution in [0.1, 0.15) is 11.1 Å². The first-order valence-electron chi connectivity index (χ1n) is 5.81. The lowest BCUT2D eigenvalue weighted by Gasteiger charge is -2.08. The number of nitrogens with zero attached hydrogens (tertiary/aromatic N) is 2. The maximum Gasteiger partial charge on any atom is 0.232 e. The van der Waals surface area contributed by atoms with Gasteiger partial charge in [-0.25, -0.2) is 4.98 Å². The quantitative estimate of drug-likeness (QED) is 0.883. The first-order chi connectivity index (χ1) is 9.22. The third-order valence-electron chi connectivity index (χ3n) is 2.58. The van der Waals surface area contributed by atoms with Gasteiger partial charge in [0.05, 0.1) is 17.8 Å². The monoisotopic (exact) mass is 322 g/mol. The molecular formula is C13H15BrN4O. The van der Waals surface area contributed by atoms with Crippen LogP contribution >= 0.6 is 15.9 Å². The van der Waals surface area contributed by atoms with Crippen molar-refractivity contribution in [2.24, 2.45) is 5.73 Å². The van der Waals surface area contributed by atoms with Gasteiger partial charge in [-0.1, -0.05) is 24.3 Å². The number of hydrogen-bond acceptors (Lipinski definition) is 5. The molecule has 0 aliphatic carbocycles. The van der Waals surface area contributed by atoms with Gasteiger partial charge in [0.1, 0.15) is 0 Å². The van der Waals surface area contributed by atoms with Crippen molar-refractivity contribution in [3.05, 3.63) is 46.1 Å². The van der Waals surface area contributed by atoms with E-state index in [2.05, 4.69) is 37.3 Å². The molecule has 5 nitrogen and oxygen atoms in total. The second-order valence-corrected chi connectivity index (χ2v) is 4.78. The van der Waals surface area contributed by atoms with E-state index in [4.69, 9.17) is 10.5 Å². The number of aromatic nitrogens is 2. The molecule has 0 saturated carbocycles. The van der Waals surface area contributed by atoms with E-state index in [1.807, 2.05) is 18.2 Å². The van der Waals surface area contributed by atoms with E-state index in [-0.39, 0.29) is 0 Å². The van der Waals surface area contributed by atoms with Gasteiger partial charge in [0.15, 0.2) is 0 Å². The lowest BCUT2D eigenvalue weighted by atomic mass is 10.1. The van der Waals surface area contributed by atoms with Crippen molar-refractivity contribution in [2.75, 3.05) is 12.4 Å². The van der Waals surface area contributed by atoms with Gasteiger partial charge in [-0.15, -0.1) is 0 Å². The van der Waals surface area contributed by atoms with E-state index in [0.29, 0.717) is 24.9 Å². The molecule has 0 radical (unpaired) electrons. The first kappa shape index (κ1) is 13.8. The standard InChI is InChI=1S/C13H15BrN4O/c1-19-12-11(14)8-17-13(18-12)16-7-10-4-2-3-9(5-10)6-15/h2-5,8H,6-7,15H2,1H3,(H,16,17,18). The fourth-order valence-corrected chi connectivity index (χ4v) is 1.98. The maximum absolute atomic E-state index is 5.61. The third kappa shape index (κ3) is 3.65. The Morgan fingerprint density at radius 1 is 1.37 bits per heavy atom. The fraction of sp³-hybridized carbons (Fsp3) is 0.231. The summed E-state index contributed by atoms with van der Waals surface area (Å²) in [4.78, 5) is 8.40. The summed E-state index contributed by atoms with van der Waals surface area (Å²) in [5.41, 5.74) is 7.85. The molecule has 0 amide bonds. The molecule has 3 N–H and O–H groups in total. The van der Waals surface area contributed by atoms with E-state index in [9.17, 15) is 0 Å². The van der Waals surface area contributed by atoms with Crippen molar-refractivity contribution in [1.29, 1.82) is 0 Å². The zero-order chi connectivity index (χ0) is 13.7. The van der Waals surface area contributed by atoms with Crippen LogP contribution in [-0.2, 0) is 13.1 Å². The molecule has 0 bridgehead atoms. The summed E-state index contributed by atoms with van der Waals surface area (Å²) in [6, 6.07) is 8.08. The molecule has 0 saturated heterocycles. The van der Waals surface area contributed by atoms with E-state index in [0.717, 1.165) is 15.6 Å². The average Bonchev–Trinajstić information content (AvgIpc) is 2.46. The molecule has 1 aromatic carbocycles. The van der Waals surface area contributed by atoms with Crippen LogP contribution < -0.4 is 15.8 Å². The highest BCUT2D eigenvalue weighted by Gasteiger charge is 2.04. The van der Waals surface area contributed by atoms with Gasteiger partial charge in [-0.3, -0.25) is 0 Å². The van der Waals surface area contributed by atoms with Crippen LogP contribution in [0.5, 0.6) is 5.88 Å². The Labute approximate surface area is 120 Å². The SMILES string of the molecule is COc1nc(NCc2cccc(CN)c2)ncc1Br. The minimum Gasteiger partial charge on any atom is -0.480 e. The summed E-state index contributed by atoms with van der Waals surface area (Å²) >= 11 is 3.31. The number of methoxy groups -OCH3 is 1. The number of nitrogens with two attached hydrogens (primary N) is 1. The summed E-state index contributed by atoms with van der Waals surface area (Å²) in [5.74, 6) is 1.03.